The molecule has 2 bridgehead atoms. The normalized spacial score (nSPS) is 55.3. The second kappa shape index (κ2) is 2.22. The van der Waals surface area contributed by atoms with Gasteiger partial charge in [-0.3, -0.25) is 0 Å². The molecule has 1 N–H and O–H groups in total. The highest BCUT2D eigenvalue weighted by atomic mass is 16.6. The van der Waals surface area contributed by atoms with Crippen LogP contribution in [0.1, 0.15) is 13.3 Å². The molecule has 2 heterocycles. The number of aliphatic hydroxyl groups excluding tert-OH is 1. The van der Waals surface area contributed by atoms with E-state index in [1.165, 1.54) is 0 Å². The van der Waals surface area contributed by atoms with Gasteiger partial charge < -0.3 is 14.6 Å². The first-order valence-electron chi connectivity index (χ1n) is 3.93. The average Bonchev–Trinajstić information content (AvgIpc) is 2.42. The fourth-order valence-corrected chi connectivity index (χ4v) is 1.82. The first-order valence-corrected chi connectivity index (χ1v) is 3.93. The summed E-state index contributed by atoms with van der Waals surface area (Å²) in [5.41, 5.74) is -0.510. The first-order chi connectivity index (χ1) is 5.19. The van der Waals surface area contributed by atoms with Gasteiger partial charge in [0, 0.05) is 6.00 Å². The third-order valence-corrected chi connectivity index (χ3v) is 2.66. The van der Waals surface area contributed by atoms with Gasteiger partial charge in [0.2, 0.25) is 0 Å². The van der Waals surface area contributed by atoms with Gasteiger partial charge in [0.1, 0.15) is 25.7 Å². The van der Waals surface area contributed by atoms with Gasteiger partial charge in [-0.25, -0.2) is 0 Å². The average molecular weight is 154 g/mol. The van der Waals surface area contributed by atoms with Gasteiger partial charge in [0.05, 0.1) is 6.61 Å². The summed E-state index contributed by atoms with van der Waals surface area (Å²) in [4.78, 5) is 0. The molecule has 2 aliphatic rings. The molecule has 0 aromatic heterocycles. The lowest BCUT2D eigenvalue weighted by Gasteiger charge is -2.28. The fraction of sp³-hybridized carbons (Fsp3) is 1.00. The van der Waals surface area contributed by atoms with Gasteiger partial charge in [-0.05, 0) is 6.42 Å². The van der Waals surface area contributed by atoms with Crippen molar-refractivity contribution >= 4 is 7.85 Å². The molecular weight excluding hydrogens is 143 g/mol. The predicted molar refractivity (Wildman–Crippen MR) is 39.4 cm³/mol. The van der Waals surface area contributed by atoms with E-state index in [-0.39, 0.29) is 6.10 Å². The Morgan fingerprint density at radius 3 is 2.73 bits per heavy atom. The van der Waals surface area contributed by atoms with Gasteiger partial charge in [0.25, 0.3) is 0 Å². The SMILES string of the molecule is [B][C@@H]1O[C@@]2(CC)CO[C@H]1C2O. The number of ether oxygens (including phenoxy) is 2. The molecule has 2 aliphatic heterocycles. The minimum atomic E-state index is -0.539. The van der Waals surface area contributed by atoms with E-state index in [0.29, 0.717) is 6.61 Å². The minimum absolute atomic E-state index is 0.310. The number of rotatable bonds is 1. The van der Waals surface area contributed by atoms with Crippen LogP contribution >= 0.6 is 0 Å². The molecule has 2 saturated heterocycles. The zero-order valence-electron chi connectivity index (χ0n) is 6.49. The summed E-state index contributed by atoms with van der Waals surface area (Å²) in [6.07, 6.45) is -0.101. The fourth-order valence-electron chi connectivity index (χ4n) is 1.82. The van der Waals surface area contributed by atoms with Crippen molar-refractivity contribution < 1.29 is 14.6 Å². The number of hydrogen-bond acceptors (Lipinski definition) is 3. The standard InChI is InChI=1S/C7H11BO3/c1-2-7-3-10-4(5(7)9)6(8)11-7/h4-6,9H,2-3H2,1H3/t4-,5?,6+,7-/m0/s1. The smallest absolute Gasteiger partial charge is 0.119 e. The third-order valence-electron chi connectivity index (χ3n) is 2.66. The maximum absolute atomic E-state index is 9.62. The van der Waals surface area contributed by atoms with Crippen LogP contribution in [0.4, 0.5) is 0 Å². The Morgan fingerprint density at radius 1 is 1.73 bits per heavy atom. The highest BCUT2D eigenvalue weighted by molar-refractivity contribution is 6.11. The molecule has 2 rings (SSSR count). The van der Waals surface area contributed by atoms with Crippen LogP contribution < -0.4 is 0 Å². The van der Waals surface area contributed by atoms with Gasteiger partial charge in [-0.1, -0.05) is 6.92 Å². The molecule has 0 aromatic rings. The van der Waals surface area contributed by atoms with E-state index < -0.39 is 17.7 Å². The predicted octanol–water partition coefficient (Wildman–Crippen LogP) is -0.580. The number of aliphatic hydroxyl groups is 1. The van der Waals surface area contributed by atoms with Crippen LogP contribution in [-0.2, 0) is 9.47 Å². The summed E-state index contributed by atoms with van der Waals surface area (Å²) in [6.45, 7) is 2.44. The summed E-state index contributed by atoms with van der Waals surface area (Å²) < 4.78 is 10.7. The molecule has 0 saturated carbocycles. The monoisotopic (exact) mass is 154 g/mol. The molecule has 0 aromatic carbocycles. The second-order valence-electron chi connectivity index (χ2n) is 3.22. The summed E-state index contributed by atoms with van der Waals surface area (Å²) in [7, 11) is 5.56. The van der Waals surface area contributed by atoms with Crippen LogP contribution in [0.25, 0.3) is 0 Å². The minimum Gasteiger partial charge on any atom is -0.387 e. The molecule has 1 unspecified atom stereocenters. The molecule has 60 valence electrons. The second-order valence-corrected chi connectivity index (χ2v) is 3.22. The summed E-state index contributed by atoms with van der Waals surface area (Å²) in [5, 5.41) is 9.62. The van der Waals surface area contributed by atoms with Crippen molar-refractivity contribution in [3.63, 3.8) is 0 Å². The lowest BCUT2D eigenvalue weighted by atomic mass is 9.91. The van der Waals surface area contributed by atoms with Gasteiger partial charge in [-0.15, -0.1) is 0 Å². The van der Waals surface area contributed by atoms with Crippen LogP contribution in [0.15, 0.2) is 0 Å². The highest BCUT2D eigenvalue weighted by Gasteiger charge is 2.57. The van der Waals surface area contributed by atoms with Crippen molar-refractivity contribution in [1.82, 2.24) is 0 Å². The molecule has 0 amide bonds. The van der Waals surface area contributed by atoms with E-state index >= 15 is 0 Å². The number of fused-ring (bicyclic) bond motifs is 2. The third kappa shape index (κ3) is 0.804. The Hall–Kier alpha value is -0.0551. The Labute approximate surface area is 67.1 Å². The molecule has 0 aliphatic carbocycles. The zero-order chi connectivity index (χ0) is 8.06. The highest BCUT2D eigenvalue weighted by Crippen LogP contribution is 2.40. The first kappa shape index (κ1) is 7.59. The van der Waals surface area contributed by atoms with Crippen molar-refractivity contribution in [2.45, 2.75) is 37.2 Å². The van der Waals surface area contributed by atoms with E-state index in [2.05, 4.69) is 0 Å². The van der Waals surface area contributed by atoms with Crippen LogP contribution in [0.5, 0.6) is 0 Å². The van der Waals surface area contributed by atoms with E-state index in [1.54, 1.807) is 0 Å². The number of hydrogen-bond donors (Lipinski definition) is 1. The van der Waals surface area contributed by atoms with Crippen molar-refractivity contribution in [1.29, 1.82) is 0 Å². The summed E-state index contributed by atoms with van der Waals surface area (Å²) in [5.74, 6) is 0. The molecule has 11 heavy (non-hydrogen) atoms. The van der Waals surface area contributed by atoms with Gasteiger partial charge >= 0.3 is 0 Å². The molecular formula is C7H11BO3. The molecule has 2 fully saturated rings. The lowest BCUT2D eigenvalue weighted by molar-refractivity contribution is -0.118. The van der Waals surface area contributed by atoms with Crippen LogP contribution in [0.2, 0.25) is 0 Å². The zero-order valence-corrected chi connectivity index (χ0v) is 6.49. The molecule has 4 heteroatoms. The van der Waals surface area contributed by atoms with E-state index in [4.69, 9.17) is 17.3 Å². The quantitative estimate of drug-likeness (QED) is 0.513. The van der Waals surface area contributed by atoms with Gasteiger partial charge in [-0.2, -0.15) is 0 Å². The Kier molecular flexibility index (Phi) is 1.53. The molecule has 0 spiro atoms. The molecule has 2 radical (unpaired) electrons. The van der Waals surface area contributed by atoms with Crippen molar-refractivity contribution in [3.05, 3.63) is 0 Å². The molecule has 4 atom stereocenters. The van der Waals surface area contributed by atoms with Gasteiger partial charge in [0.15, 0.2) is 0 Å². The summed E-state index contributed by atoms with van der Waals surface area (Å²) >= 11 is 0. The Morgan fingerprint density at radius 2 is 2.45 bits per heavy atom. The molecule has 3 nitrogen and oxygen atoms in total. The Bertz CT molecular complexity index is 175. The van der Waals surface area contributed by atoms with E-state index in [1.807, 2.05) is 6.92 Å². The Balaban J connectivity index is 2.24. The van der Waals surface area contributed by atoms with E-state index in [0.717, 1.165) is 6.42 Å². The van der Waals surface area contributed by atoms with Crippen LogP contribution in [0.3, 0.4) is 0 Å². The van der Waals surface area contributed by atoms with Crippen LogP contribution in [0, 0.1) is 0 Å². The van der Waals surface area contributed by atoms with Crippen molar-refractivity contribution in [2.75, 3.05) is 6.61 Å². The maximum atomic E-state index is 9.62. The largest absolute Gasteiger partial charge is 0.387 e. The topological polar surface area (TPSA) is 38.7 Å². The summed E-state index contributed by atoms with van der Waals surface area (Å²) in [6, 6.07) is -0.446. The van der Waals surface area contributed by atoms with Crippen LogP contribution in [-0.4, -0.2) is 43.4 Å². The van der Waals surface area contributed by atoms with Crippen molar-refractivity contribution in [3.8, 4) is 0 Å². The van der Waals surface area contributed by atoms with E-state index in [9.17, 15) is 5.11 Å². The van der Waals surface area contributed by atoms with Crippen molar-refractivity contribution in [2.24, 2.45) is 0 Å². The maximum Gasteiger partial charge on any atom is 0.119 e. The lowest BCUT2D eigenvalue weighted by Crippen LogP contribution is -2.39.